The molecule has 0 amide bonds. The summed E-state index contributed by atoms with van der Waals surface area (Å²) in [5.41, 5.74) is 11.4. The van der Waals surface area contributed by atoms with Crippen molar-refractivity contribution in [2.45, 2.75) is 13.5 Å². The third-order valence-electron chi connectivity index (χ3n) is 3.50. The minimum atomic E-state index is 0.162. The number of hydrogen-bond donors (Lipinski definition) is 2. The minimum absolute atomic E-state index is 0.162. The summed E-state index contributed by atoms with van der Waals surface area (Å²) >= 11 is 4.72. The van der Waals surface area contributed by atoms with E-state index < -0.39 is 0 Å². The van der Waals surface area contributed by atoms with E-state index in [1.165, 1.54) is 21.8 Å². The molecule has 0 atom stereocenters. The van der Waals surface area contributed by atoms with E-state index in [0.29, 0.717) is 0 Å². The van der Waals surface area contributed by atoms with Crippen molar-refractivity contribution >= 4 is 45.4 Å². The number of hydrogen-bond acceptors (Lipinski definition) is 2. The van der Waals surface area contributed by atoms with Crippen LogP contribution in [0.5, 0.6) is 0 Å². The van der Waals surface area contributed by atoms with E-state index in [4.69, 9.17) is 18.0 Å². The fourth-order valence-corrected chi connectivity index (χ4v) is 2.72. The quantitative estimate of drug-likeness (QED) is 0.444. The molecule has 0 saturated heterocycles. The van der Waals surface area contributed by atoms with Gasteiger partial charge in [0.2, 0.25) is 0 Å². The Morgan fingerprint density at radius 1 is 1.24 bits per heavy atom. The maximum absolute atomic E-state index is 5.35. The van der Waals surface area contributed by atoms with Crippen LogP contribution in [0.2, 0.25) is 0 Å². The van der Waals surface area contributed by atoms with Crippen molar-refractivity contribution in [3.05, 3.63) is 48.0 Å². The van der Waals surface area contributed by atoms with Gasteiger partial charge in [0.1, 0.15) is 0 Å². The summed E-state index contributed by atoms with van der Waals surface area (Å²) in [5, 5.41) is 6.65. The number of rotatable bonds is 3. The smallest absolute Gasteiger partial charge is 0.184 e. The van der Waals surface area contributed by atoms with Crippen molar-refractivity contribution in [2.75, 3.05) is 0 Å². The molecule has 0 unspecified atom stereocenters. The molecule has 5 heteroatoms. The molecule has 3 rings (SSSR count). The summed E-state index contributed by atoms with van der Waals surface area (Å²) in [6.07, 6.45) is 1.72. The summed E-state index contributed by atoms with van der Waals surface area (Å²) in [6, 6.07) is 14.7. The van der Waals surface area contributed by atoms with Crippen LogP contribution in [0.4, 0.5) is 0 Å². The Balaban J connectivity index is 2.15. The van der Waals surface area contributed by atoms with Gasteiger partial charge in [0.05, 0.1) is 6.21 Å². The predicted octanol–water partition coefficient (Wildman–Crippen LogP) is 2.98. The summed E-state index contributed by atoms with van der Waals surface area (Å²) < 4.78 is 2.32. The Hall–Kier alpha value is -2.40. The molecular formula is C16H16N4S. The molecule has 0 radical (unpaired) electrons. The van der Waals surface area contributed by atoms with Crippen LogP contribution in [0.1, 0.15) is 12.5 Å². The zero-order valence-corrected chi connectivity index (χ0v) is 12.5. The number of thiocarbonyl (C=S) groups is 1. The molecule has 21 heavy (non-hydrogen) atoms. The van der Waals surface area contributed by atoms with E-state index in [-0.39, 0.29) is 5.11 Å². The van der Waals surface area contributed by atoms with Crippen molar-refractivity contribution in [3.8, 4) is 0 Å². The molecule has 0 bridgehead atoms. The highest BCUT2D eigenvalue weighted by Crippen LogP contribution is 2.29. The number of benzene rings is 2. The number of nitrogens with two attached hydrogens (primary N) is 1. The fourth-order valence-electron chi connectivity index (χ4n) is 2.66. The van der Waals surface area contributed by atoms with Gasteiger partial charge in [0, 0.05) is 28.4 Å². The number of aromatic nitrogens is 1. The molecular weight excluding hydrogens is 280 g/mol. The van der Waals surface area contributed by atoms with Crippen LogP contribution in [0, 0.1) is 0 Å². The highest BCUT2D eigenvalue weighted by molar-refractivity contribution is 7.80. The normalized spacial score (nSPS) is 11.5. The highest BCUT2D eigenvalue weighted by atomic mass is 32.1. The summed E-state index contributed by atoms with van der Waals surface area (Å²) in [7, 11) is 0. The second-order valence-electron chi connectivity index (χ2n) is 4.77. The van der Waals surface area contributed by atoms with Crippen LogP contribution in [-0.4, -0.2) is 15.9 Å². The molecule has 0 aliphatic carbocycles. The molecule has 1 aromatic heterocycles. The van der Waals surface area contributed by atoms with Gasteiger partial charge in [0.15, 0.2) is 5.11 Å². The van der Waals surface area contributed by atoms with Crippen molar-refractivity contribution in [2.24, 2.45) is 10.8 Å². The molecule has 0 aliphatic heterocycles. The average molecular weight is 296 g/mol. The summed E-state index contributed by atoms with van der Waals surface area (Å²) in [6.45, 7) is 3.10. The second-order valence-corrected chi connectivity index (χ2v) is 5.21. The number of para-hydroxylation sites is 1. The van der Waals surface area contributed by atoms with Gasteiger partial charge in [-0.25, -0.2) is 0 Å². The zero-order chi connectivity index (χ0) is 14.8. The van der Waals surface area contributed by atoms with Crippen LogP contribution in [0.25, 0.3) is 21.8 Å². The van der Waals surface area contributed by atoms with Gasteiger partial charge in [0.25, 0.3) is 0 Å². The lowest BCUT2D eigenvalue weighted by molar-refractivity contribution is 0.827. The van der Waals surface area contributed by atoms with Crippen LogP contribution < -0.4 is 11.2 Å². The SMILES string of the molecule is CCn1c2ccccc2c2cc(/C=N\NC(N)=S)ccc21. The van der Waals surface area contributed by atoms with Gasteiger partial charge >= 0.3 is 0 Å². The first-order chi connectivity index (χ1) is 10.2. The van der Waals surface area contributed by atoms with Gasteiger partial charge in [-0.05, 0) is 42.9 Å². The Kier molecular flexibility index (Phi) is 3.58. The first-order valence-corrected chi connectivity index (χ1v) is 7.21. The topological polar surface area (TPSA) is 55.3 Å². The number of nitrogens with one attached hydrogen (secondary N) is 1. The van der Waals surface area contributed by atoms with Gasteiger partial charge in [-0.2, -0.15) is 5.10 Å². The van der Waals surface area contributed by atoms with Crippen molar-refractivity contribution < 1.29 is 0 Å². The lowest BCUT2D eigenvalue weighted by Gasteiger charge is -2.02. The first kappa shape index (κ1) is 13.6. The van der Waals surface area contributed by atoms with E-state index in [1.54, 1.807) is 6.21 Å². The van der Waals surface area contributed by atoms with E-state index in [0.717, 1.165) is 12.1 Å². The van der Waals surface area contributed by atoms with Crippen molar-refractivity contribution in [1.29, 1.82) is 0 Å². The molecule has 3 N–H and O–H groups in total. The maximum atomic E-state index is 5.35. The van der Waals surface area contributed by atoms with Crippen molar-refractivity contribution in [3.63, 3.8) is 0 Å². The van der Waals surface area contributed by atoms with Crippen LogP contribution in [-0.2, 0) is 6.54 Å². The first-order valence-electron chi connectivity index (χ1n) is 6.80. The monoisotopic (exact) mass is 296 g/mol. The van der Waals surface area contributed by atoms with E-state index >= 15 is 0 Å². The molecule has 3 aromatic rings. The third-order valence-corrected chi connectivity index (χ3v) is 3.59. The van der Waals surface area contributed by atoms with Crippen LogP contribution in [0.15, 0.2) is 47.6 Å². The Morgan fingerprint density at radius 3 is 2.76 bits per heavy atom. The van der Waals surface area contributed by atoms with Crippen LogP contribution >= 0.6 is 12.2 Å². The van der Waals surface area contributed by atoms with Gasteiger partial charge in [-0.3, -0.25) is 5.43 Å². The predicted molar refractivity (Wildman–Crippen MR) is 92.6 cm³/mol. The number of hydrazone groups is 1. The number of fused-ring (bicyclic) bond motifs is 3. The second kappa shape index (κ2) is 5.54. The molecule has 1 heterocycles. The molecule has 2 aromatic carbocycles. The third kappa shape index (κ3) is 2.48. The number of nitrogens with zero attached hydrogens (tertiary/aromatic N) is 2. The molecule has 0 fully saturated rings. The average Bonchev–Trinajstić information content (AvgIpc) is 2.80. The van der Waals surface area contributed by atoms with E-state index in [1.807, 2.05) is 6.07 Å². The van der Waals surface area contributed by atoms with Gasteiger partial charge < -0.3 is 10.3 Å². The fraction of sp³-hybridized carbons (Fsp3) is 0.125. The van der Waals surface area contributed by atoms with Crippen LogP contribution in [0.3, 0.4) is 0 Å². The Bertz CT molecular complexity index is 848. The molecule has 0 saturated carbocycles. The van der Waals surface area contributed by atoms with Gasteiger partial charge in [-0.1, -0.05) is 24.3 Å². The minimum Gasteiger partial charge on any atom is -0.375 e. The standard InChI is InChI=1S/C16H16N4S/c1-2-20-14-6-4-3-5-12(14)13-9-11(7-8-15(13)20)10-18-19-16(17)21/h3-10H,2H2,1H3,(H3,17,19,21)/b18-10-. The Labute approximate surface area is 128 Å². The summed E-state index contributed by atoms with van der Waals surface area (Å²) in [4.78, 5) is 0. The summed E-state index contributed by atoms with van der Waals surface area (Å²) in [5.74, 6) is 0. The Morgan fingerprint density at radius 2 is 2.00 bits per heavy atom. The zero-order valence-electron chi connectivity index (χ0n) is 11.7. The highest BCUT2D eigenvalue weighted by Gasteiger charge is 2.08. The lowest BCUT2D eigenvalue weighted by atomic mass is 10.1. The molecule has 106 valence electrons. The number of aryl methyl sites for hydroxylation is 1. The van der Waals surface area contributed by atoms with E-state index in [2.05, 4.69) is 58.4 Å². The van der Waals surface area contributed by atoms with Gasteiger partial charge in [-0.15, -0.1) is 0 Å². The molecule has 0 spiro atoms. The lowest BCUT2D eigenvalue weighted by Crippen LogP contribution is -2.23. The largest absolute Gasteiger partial charge is 0.375 e. The van der Waals surface area contributed by atoms with Crippen molar-refractivity contribution in [1.82, 2.24) is 9.99 Å². The molecule has 4 nitrogen and oxygen atoms in total. The molecule has 0 aliphatic rings. The maximum Gasteiger partial charge on any atom is 0.184 e. The van der Waals surface area contributed by atoms with E-state index in [9.17, 15) is 0 Å².